The second kappa shape index (κ2) is 20.7. The number of aryl methyl sites for hydroxylation is 4. The third kappa shape index (κ3) is 11.5. The third-order valence-electron chi connectivity index (χ3n) is 9.89. The number of pyridine rings is 4. The van der Waals surface area contributed by atoms with Crippen LogP contribution in [-0.4, -0.2) is 137 Å². The molecule has 8 N–H and O–H groups in total. The van der Waals surface area contributed by atoms with Crippen molar-refractivity contribution in [3.05, 3.63) is 113 Å². The fourth-order valence-corrected chi connectivity index (χ4v) is 6.19. The molecule has 0 spiro atoms. The molecule has 4 aromatic rings. The number of rotatable bonds is 19. The minimum atomic E-state index is -0.761. The van der Waals surface area contributed by atoms with Gasteiger partial charge in [-0.2, -0.15) is 0 Å². The number of hydrogen-bond donors (Lipinski definition) is 8. The molecule has 0 aliphatic heterocycles. The summed E-state index contributed by atoms with van der Waals surface area (Å²) in [5.74, 6) is -5.74. The normalized spacial score (nSPS) is 11.7. The van der Waals surface area contributed by atoms with E-state index in [2.05, 4.69) is 21.3 Å². The van der Waals surface area contributed by atoms with E-state index in [0.717, 1.165) is 18.3 Å². The smallest absolute Gasteiger partial charge is 0.293 e. The average Bonchev–Trinajstić information content (AvgIpc) is 3.22. The Morgan fingerprint density at radius 2 is 0.738 bits per heavy atom. The first-order valence-corrected chi connectivity index (χ1v) is 19.0. The van der Waals surface area contributed by atoms with E-state index in [1.807, 2.05) is 16.7 Å². The number of nitrogens with one attached hydrogen (secondary N) is 4. The maximum Gasteiger partial charge on any atom is 0.293 e. The predicted molar refractivity (Wildman–Crippen MR) is 220 cm³/mol. The van der Waals surface area contributed by atoms with Crippen molar-refractivity contribution in [2.45, 2.75) is 13.0 Å². The Morgan fingerprint density at radius 3 is 1.00 bits per heavy atom. The number of carbonyl (C=O) groups excluding carboxylic acids is 4. The second-order valence-corrected chi connectivity index (χ2v) is 14.2. The van der Waals surface area contributed by atoms with Gasteiger partial charge < -0.3 is 60.0 Å². The molecular formula is C39H50N10O12. The quantitative estimate of drug-likeness (QED) is 0.0477. The third-order valence-corrected chi connectivity index (χ3v) is 9.89. The molecule has 0 fully saturated rings. The summed E-state index contributed by atoms with van der Waals surface area (Å²) in [7, 11) is 5.67. The summed E-state index contributed by atoms with van der Waals surface area (Å²) in [5.41, 5.74) is -3.96. The molecule has 4 heterocycles. The molecule has 61 heavy (non-hydrogen) atoms. The highest BCUT2D eigenvalue weighted by atomic mass is 16.3. The van der Waals surface area contributed by atoms with E-state index in [0.29, 0.717) is 0 Å². The van der Waals surface area contributed by atoms with Crippen LogP contribution in [0, 0.1) is 0 Å². The monoisotopic (exact) mass is 850 g/mol. The fraction of sp³-hybridized carbons (Fsp3) is 0.385. The number of aromatic nitrogens is 4. The number of amides is 4. The molecule has 0 radical (unpaired) electrons. The van der Waals surface area contributed by atoms with Crippen molar-refractivity contribution in [1.82, 2.24) is 49.3 Å². The lowest BCUT2D eigenvalue weighted by molar-refractivity contribution is 0.0901. The summed E-state index contributed by atoms with van der Waals surface area (Å²) in [5, 5.41) is 51.8. The van der Waals surface area contributed by atoms with Gasteiger partial charge in [0, 0.05) is 118 Å². The van der Waals surface area contributed by atoms with Crippen molar-refractivity contribution in [2.24, 2.45) is 28.2 Å². The molecular weight excluding hydrogens is 800 g/mol. The maximum absolute atomic E-state index is 13.0. The Kier molecular flexibility index (Phi) is 15.7. The largest absolute Gasteiger partial charge is 0.502 e. The van der Waals surface area contributed by atoms with Crippen molar-refractivity contribution >= 4 is 23.6 Å². The Bertz CT molecular complexity index is 2360. The zero-order valence-corrected chi connectivity index (χ0v) is 34.3. The molecule has 4 rings (SSSR count). The molecule has 4 aromatic heterocycles. The van der Waals surface area contributed by atoms with Gasteiger partial charge in [-0.25, -0.2) is 0 Å². The predicted octanol–water partition coefficient (Wildman–Crippen LogP) is -2.68. The minimum Gasteiger partial charge on any atom is -0.502 e. The van der Waals surface area contributed by atoms with Crippen LogP contribution in [0.1, 0.15) is 48.4 Å². The number of nitrogens with zero attached hydrogens (tertiary/aromatic N) is 6. The van der Waals surface area contributed by atoms with Gasteiger partial charge in [-0.15, -0.1) is 0 Å². The van der Waals surface area contributed by atoms with Gasteiger partial charge in [-0.05, 0) is 31.2 Å². The van der Waals surface area contributed by atoms with Gasteiger partial charge >= 0.3 is 0 Å². The topological polar surface area (TPSA) is 292 Å². The molecule has 0 aromatic carbocycles. The van der Waals surface area contributed by atoms with Gasteiger partial charge in [0.1, 0.15) is 0 Å². The van der Waals surface area contributed by atoms with Crippen LogP contribution in [0.4, 0.5) is 0 Å². The molecule has 328 valence electrons. The van der Waals surface area contributed by atoms with Crippen LogP contribution in [0.3, 0.4) is 0 Å². The summed E-state index contributed by atoms with van der Waals surface area (Å²) < 4.78 is 4.45. The van der Waals surface area contributed by atoms with Crippen LogP contribution in [-0.2, 0) is 28.2 Å². The zero-order valence-electron chi connectivity index (χ0n) is 34.3. The fourth-order valence-electron chi connectivity index (χ4n) is 6.19. The van der Waals surface area contributed by atoms with E-state index in [4.69, 9.17) is 0 Å². The Morgan fingerprint density at radius 1 is 0.492 bits per heavy atom. The van der Waals surface area contributed by atoms with Gasteiger partial charge in [0.05, 0.1) is 22.3 Å². The van der Waals surface area contributed by atoms with Crippen molar-refractivity contribution in [3.8, 4) is 23.0 Å². The van der Waals surface area contributed by atoms with E-state index in [-0.39, 0.29) is 81.2 Å². The van der Waals surface area contributed by atoms with Gasteiger partial charge in [-0.1, -0.05) is 0 Å². The van der Waals surface area contributed by atoms with Crippen LogP contribution in [0.25, 0.3) is 0 Å². The standard InChI is InChI=1S/C39H50N10O12/c1-23(49(20-12-42-34(56)26-8-16-46(4)38(60)30(26)52)21-13-43-35(57)27-9-17-47(5)39(61)31(27)53)22-48(18-10-40-32(54)24-6-14-44(2)36(58)28(24)50)19-11-41-33(55)25-7-15-45(3)37(59)29(25)51/h6-9,14-17,23,50-53H,10-13,18-22H2,1-5H3,(H,40,54)(H,41,55)(H,42,56)(H,43,57). The van der Waals surface area contributed by atoms with E-state index in [1.165, 1.54) is 77.2 Å². The first-order chi connectivity index (χ1) is 28.8. The van der Waals surface area contributed by atoms with Crippen LogP contribution in [0.15, 0.2) is 68.2 Å². The lowest BCUT2D eigenvalue weighted by Gasteiger charge is -2.34. The Labute approximate surface area is 347 Å². The highest BCUT2D eigenvalue weighted by molar-refractivity contribution is 5.98. The van der Waals surface area contributed by atoms with Gasteiger partial charge in [0.25, 0.3) is 45.9 Å². The van der Waals surface area contributed by atoms with Crippen LogP contribution in [0.2, 0.25) is 0 Å². The first-order valence-electron chi connectivity index (χ1n) is 19.0. The van der Waals surface area contributed by atoms with Crippen molar-refractivity contribution < 1.29 is 39.6 Å². The lowest BCUT2D eigenvalue weighted by Crippen LogP contribution is -2.50. The molecule has 22 nitrogen and oxygen atoms in total. The number of hydrogen-bond acceptors (Lipinski definition) is 14. The van der Waals surface area contributed by atoms with E-state index >= 15 is 0 Å². The number of carbonyl (C=O) groups is 4. The highest BCUT2D eigenvalue weighted by Crippen LogP contribution is 2.13. The summed E-state index contributed by atoms with van der Waals surface area (Å²) in [6.07, 6.45) is 5.34. The molecule has 1 atom stereocenters. The summed E-state index contributed by atoms with van der Waals surface area (Å²) in [6.45, 7) is 2.78. The minimum absolute atomic E-state index is 0.00740. The van der Waals surface area contributed by atoms with Gasteiger partial charge in [0.15, 0.2) is 23.0 Å². The molecule has 0 aliphatic rings. The SMILES string of the molecule is CC(CN(CCNC(=O)c1ccn(C)c(=O)c1O)CCNC(=O)c1ccn(C)c(=O)c1O)N(CCNC(=O)c1ccn(C)c(=O)c1O)CCNC(=O)c1ccn(C)c(=O)c1O. The summed E-state index contributed by atoms with van der Waals surface area (Å²) in [6, 6.07) is 4.78. The highest BCUT2D eigenvalue weighted by Gasteiger charge is 2.22. The average molecular weight is 851 g/mol. The van der Waals surface area contributed by atoms with E-state index in [9.17, 15) is 58.8 Å². The summed E-state index contributed by atoms with van der Waals surface area (Å²) >= 11 is 0. The second-order valence-electron chi connectivity index (χ2n) is 14.2. The van der Waals surface area contributed by atoms with Crippen LogP contribution >= 0.6 is 0 Å². The Balaban J connectivity index is 1.51. The van der Waals surface area contributed by atoms with Gasteiger partial charge in [-0.3, -0.25) is 48.2 Å². The van der Waals surface area contributed by atoms with Crippen LogP contribution < -0.4 is 43.5 Å². The first kappa shape index (κ1) is 46.5. The molecule has 0 saturated heterocycles. The van der Waals surface area contributed by atoms with Crippen molar-refractivity contribution in [2.75, 3.05) is 58.9 Å². The van der Waals surface area contributed by atoms with Crippen molar-refractivity contribution in [1.29, 1.82) is 0 Å². The lowest BCUT2D eigenvalue weighted by atomic mass is 10.2. The van der Waals surface area contributed by atoms with E-state index < -0.39 is 74.9 Å². The van der Waals surface area contributed by atoms with Crippen molar-refractivity contribution in [3.63, 3.8) is 0 Å². The summed E-state index contributed by atoms with van der Waals surface area (Å²) in [4.78, 5) is 104. The molecule has 0 aliphatic carbocycles. The maximum atomic E-state index is 13.0. The van der Waals surface area contributed by atoms with Gasteiger partial charge in [0.2, 0.25) is 0 Å². The van der Waals surface area contributed by atoms with Crippen LogP contribution in [0.5, 0.6) is 23.0 Å². The molecule has 0 saturated carbocycles. The molecule has 1 unspecified atom stereocenters. The molecule has 4 amide bonds. The molecule has 0 bridgehead atoms. The Hall–Kier alpha value is -7.20. The zero-order chi connectivity index (χ0) is 45.1. The van der Waals surface area contributed by atoms with E-state index in [1.54, 1.807) is 0 Å². The molecule has 22 heteroatoms. The number of aromatic hydroxyl groups is 4.